The Balaban J connectivity index is 2.01. The minimum Gasteiger partial charge on any atom is -0.490 e. The molecule has 0 unspecified atom stereocenters. The van der Waals surface area contributed by atoms with Crippen LogP contribution in [-0.4, -0.2) is 18.2 Å². The molecule has 3 N–H and O–H groups in total. The number of aromatic amines is 1. The largest absolute Gasteiger partial charge is 0.490 e. The molecule has 4 nitrogen and oxygen atoms in total. The molecule has 3 rings (SSSR count). The summed E-state index contributed by atoms with van der Waals surface area (Å²) in [7, 11) is 0. The van der Waals surface area contributed by atoms with Crippen LogP contribution in [0.2, 0.25) is 0 Å². The maximum Gasteiger partial charge on any atom is 0.161 e. The molecule has 0 amide bonds. The van der Waals surface area contributed by atoms with Gasteiger partial charge in [-0.2, -0.15) is 0 Å². The number of hydrogen-bond acceptors (Lipinski definition) is 3. The highest BCUT2D eigenvalue weighted by Crippen LogP contribution is 2.35. The Labute approximate surface area is 106 Å². The van der Waals surface area contributed by atoms with Gasteiger partial charge in [0.15, 0.2) is 11.5 Å². The molecule has 1 aromatic carbocycles. The second-order valence-electron chi connectivity index (χ2n) is 4.31. The maximum atomic E-state index is 5.72. The molecule has 0 radical (unpaired) electrons. The summed E-state index contributed by atoms with van der Waals surface area (Å²) in [5.74, 6) is 1.63. The second kappa shape index (κ2) is 4.74. The number of benzene rings is 1. The zero-order valence-corrected chi connectivity index (χ0v) is 10.1. The first-order chi connectivity index (χ1) is 8.88. The van der Waals surface area contributed by atoms with Crippen LogP contribution in [0.25, 0.3) is 11.1 Å². The number of fused-ring (bicyclic) bond motifs is 1. The van der Waals surface area contributed by atoms with Gasteiger partial charge in [-0.3, -0.25) is 0 Å². The third-order valence-corrected chi connectivity index (χ3v) is 3.11. The van der Waals surface area contributed by atoms with Crippen LogP contribution in [0.3, 0.4) is 0 Å². The van der Waals surface area contributed by atoms with Gasteiger partial charge in [0.1, 0.15) is 0 Å². The smallest absolute Gasteiger partial charge is 0.161 e. The van der Waals surface area contributed by atoms with Crippen LogP contribution in [0.5, 0.6) is 11.5 Å². The third kappa shape index (κ3) is 1.95. The Hall–Kier alpha value is -1.94. The van der Waals surface area contributed by atoms with Crippen molar-refractivity contribution in [2.45, 2.75) is 13.0 Å². The van der Waals surface area contributed by atoms with Crippen molar-refractivity contribution in [3.8, 4) is 22.6 Å². The minimum absolute atomic E-state index is 0.521. The van der Waals surface area contributed by atoms with Crippen molar-refractivity contribution in [3.05, 3.63) is 36.2 Å². The molecule has 1 aliphatic heterocycles. The molecule has 0 aliphatic carbocycles. The summed E-state index contributed by atoms with van der Waals surface area (Å²) in [6.45, 7) is 1.94. The Morgan fingerprint density at radius 3 is 2.78 bits per heavy atom. The fourth-order valence-corrected chi connectivity index (χ4v) is 2.16. The Morgan fingerprint density at radius 2 is 1.94 bits per heavy atom. The van der Waals surface area contributed by atoms with Crippen molar-refractivity contribution in [2.24, 2.45) is 5.73 Å². The van der Waals surface area contributed by atoms with Crippen LogP contribution >= 0.6 is 0 Å². The quantitative estimate of drug-likeness (QED) is 0.852. The van der Waals surface area contributed by atoms with E-state index in [1.807, 2.05) is 30.6 Å². The van der Waals surface area contributed by atoms with Gasteiger partial charge in [-0.25, -0.2) is 0 Å². The lowest BCUT2D eigenvalue weighted by Gasteiger charge is -2.09. The van der Waals surface area contributed by atoms with E-state index >= 15 is 0 Å². The summed E-state index contributed by atoms with van der Waals surface area (Å²) in [6.07, 6.45) is 4.81. The van der Waals surface area contributed by atoms with E-state index in [0.29, 0.717) is 19.8 Å². The lowest BCUT2D eigenvalue weighted by atomic mass is 10.0. The molecule has 0 bridgehead atoms. The van der Waals surface area contributed by atoms with Crippen LogP contribution in [0.4, 0.5) is 0 Å². The fraction of sp³-hybridized carbons (Fsp3) is 0.286. The predicted octanol–water partition coefficient (Wildman–Crippen LogP) is 2.30. The van der Waals surface area contributed by atoms with Crippen molar-refractivity contribution in [1.29, 1.82) is 0 Å². The first-order valence-electron chi connectivity index (χ1n) is 6.14. The lowest BCUT2D eigenvalue weighted by Crippen LogP contribution is -1.97. The fourth-order valence-electron chi connectivity index (χ4n) is 2.16. The SMILES string of the molecule is NCc1c[nH]cc1-c1ccc2c(c1)OCCCO2. The van der Waals surface area contributed by atoms with Gasteiger partial charge >= 0.3 is 0 Å². The molecule has 94 valence electrons. The molecule has 4 heteroatoms. The van der Waals surface area contributed by atoms with Crippen molar-refractivity contribution in [2.75, 3.05) is 13.2 Å². The lowest BCUT2D eigenvalue weighted by molar-refractivity contribution is 0.297. The van der Waals surface area contributed by atoms with E-state index in [1.165, 1.54) is 0 Å². The zero-order chi connectivity index (χ0) is 12.4. The third-order valence-electron chi connectivity index (χ3n) is 3.11. The first kappa shape index (κ1) is 11.2. The average Bonchev–Trinajstić information content (AvgIpc) is 2.76. The molecular weight excluding hydrogens is 228 g/mol. The molecule has 0 spiro atoms. The van der Waals surface area contributed by atoms with Gasteiger partial charge < -0.3 is 20.2 Å². The van der Waals surface area contributed by atoms with E-state index in [4.69, 9.17) is 15.2 Å². The second-order valence-corrected chi connectivity index (χ2v) is 4.31. The highest BCUT2D eigenvalue weighted by atomic mass is 16.5. The molecule has 0 saturated carbocycles. The van der Waals surface area contributed by atoms with Gasteiger partial charge in [0.05, 0.1) is 13.2 Å². The van der Waals surface area contributed by atoms with Crippen molar-refractivity contribution < 1.29 is 9.47 Å². The summed E-state index contributed by atoms with van der Waals surface area (Å²) >= 11 is 0. The molecule has 0 atom stereocenters. The first-order valence-corrected chi connectivity index (χ1v) is 6.14. The average molecular weight is 244 g/mol. The normalized spacial score (nSPS) is 14.3. The Kier molecular flexibility index (Phi) is 2.94. The maximum absolute atomic E-state index is 5.72. The van der Waals surface area contributed by atoms with Gasteiger partial charge in [-0.1, -0.05) is 6.07 Å². The molecule has 1 aromatic heterocycles. The molecular formula is C14H16N2O2. The number of hydrogen-bond donors (Lipinski definition) is 2. The van der Waals surface area contributed by atoms with Crippen LogP contribution in [0, 0.1) is 0 Å². The van der Waals surface area contributed by atoms with E-state index in [0.717, 1.165) is 34.6 Å². The van der Waals surface area contributed by atoms with Crippen LogP contribution in [0.1, 0.15) is 12.0 Å². The van der Waals surface area contributed by atoms with Crippen LogP contribution < -0.4 is 15.2 Å². The number of H-pyrrole nitrogens is 1. The summed E-state index contributed by atoms with van der Waals surface area (Å²) in [4.78, 5) is 3.09. The molecule has 18 heavy (non-hydrogen) atoms. The highest BCUT2D eigenvalue weighted by molar-refractivity contribution is 5.69. The minimum atomic E-state index is 0.521. The standard InChI is InChI=1S/C14H16N2O2/c15-7-11-8-16-9-12(11)10-2-3-13-14(6-10)18-5-1-4-17-13/h2-3,6,8-9,16H,1,4-5,7,15H2. The zero-order valence-electron chi connectivity index (χ0n) is 10.1. The van der Waals surface area contributed by atoms with Gasteiger partial charge in [-0.05, 0) is 23.3 Å². The van der Waals surface area contributed by atoms with Gasteiger partial charge in [0.2, 0.25) is 0 Å². The molecule has 1 aliphatic rings. The number of rotatable bonds is 2. The van der Waals surface area contributed by atoms with Crippen molar-refractivity contribution >= 4 is 0 Å². The summed E-state index contributed by atoms with van der Waals surface area (Å²) in [5, 5.41) is 0. The Morgan fingerprint density at radius 1 is 1.11 bits per heavy atom. The van der Waals surface area contributed by atoms with E-state index < -0.39 is 0 Å². The monoisotopic (exact) mass is 244 g/mol. The number of nitrogens with two attached hydrogens (primary N) is 1. The number of ether oxygens (including phenoxy) is 2. The Bertz CT molecular complexity index is 548. The van der Waals surface area contributed by atoms with Gasteiger partial charge in [0.25, 0.3) is 0 Å². The van der Waals surface area contributed by atoms with E-state index in [9.17, 15) is 0 Å². The van der Waals surface area contributed by atoms with Crippen molar-refractivity contribution in [3.63, 3.8) is 0 Å². The van der Waals surface area contributed by atoms with E-state index in [2.05, 4.69) is 4.98 Å². The topological polar surface area (TPSA) is 60.3 Å². The summed E-state index contributed by atoms with van der Waals surface area (Å²) < 4.78 is 11.3. The van der Waals surface area contributed by atoms with Crippen LogP contribution in [0.15, 0.2) is 30.6 Å². The summed E-state index contributed by atoms with van der Waals surface area (Å²) in [5.41, 5.74) is 9.04. The molecule has 0 saturated heterocycles. The van der Waals surface area contributed by atoms with Crippen molar-refractivity contribution in [1.82, 2.24) is 4.98 Å². The predicted molar refractivity (Wildman–Crippen MR) is 69.7 cm³/mol. The van der Waals surface area contributed by atoms with E-state index in [-0.39, 0.29) is 0 Å². The molecule has 0 fully saturated rings. The van der Waals surface area contributed by atoms with Gasteiger partial charge in [-0.15, -0.1) is 0 Å². The summed E-state index contributed by atoms with van der Waals surface area (Å²) in [6, 6.07) is 6.02. The van der Waals surface area contributed by atoms with Crippen LogP contribution in [-0.2, 0) is 6.54 Å². The highest BCUT2D eigenvalue weighted by Gasteiger charge is 2.13. The molecule has 2 heterocycles. The van der Waals surface area contributed by atoms with Gasteiger partial charge in [0, 0.05) is 30.9 Å². The number of nitrogens with one attached hydrogen (secondary N) is 1. The number of aromatic nitrogens is 1. The molecule has 2 aromatic rings. The van der Waals surface area contributed by atoms with E-state index in [1.54, 1.807) is 0 Å².